The number of likely N-dealkylation sites (tertiary alicyclic amines) is 1. The zero-order valence-electron chi connectivity index (χ0n) is 9.05. The average Bonchev–Trinajstić information content (AvgIpc) is 2.17. The summed E-state index contributed by atoms with van der Waals surface area (Å²) in [6, 6.07) is 0. The first kappa shape index (κ1) is 10.7. The van der Waals surface area contributed by atoms with Crippen LogP contribution in [0.15, 0.2) is 0 Å². The topological polar surface area (TPSA) is 20.3 Å². The Morgan fingerprint density at radius 1 is 1.46 bits per heavy atom. The largest absolute Gasteiger partial charge is 0.303 e. The first-order valence-electron chi connectivity index (χ1n) is 5.44. The first-order valence-corrected chi connectivity index (χ1v) is 5.44. The van der Waals surface area contributed by atoms with Crippen LogP contribution in [0.2, 0.25) is 0 Å². The number of hydrogen-bond donors (Lipinski definition) is 0. The van der Waals surface area contributed by atoms with Gasteiger partial charge in [0.05, 0.1) is 0 Å². The lowest BCUT2D eigenvalue weighted by molar-refractivity contribution is -0.126. The van der Waals surface area contributed by atoms with E-state index in [2.05, 4.69) is 18.7 Å². The molecule has 2 unspecified atom stereocenters. The molecular formula is C11H21NO. The van der Waals surface area contributed by atoms with E-state index in [0.717, 1.165) is 13.1 Å². The molecule has 0 aromatic carbocycles. The van der Waals surface area contributed by atoms with E-state index in [-0.39, 0.29) is 0 Å². The van der Waals surface area contributed by atoms with Gasteiger partial charge in [-0.3, -0.25) is 4.79 Å². The van der Waals surface area contributed by atoms with Crippen molar-refractivity contribution in [3.63, 3.8) is 0 Å². The molecule has 13 heavy (non-hydrogen) atoms. The smallest absolute Gasteiger partial charge is 0.137 e. The van der Waals surface area contributed by atoms with Crippen molar-refractivity contribution in [1.82, 2.24) is 4.90 Å². The van der Waals surface area contributed by atoms with Crippen molar-refractivity contribution in [1.29, 1.82) is 0 Å². The van der Waals surface area contributed by atoms with Crippen molar-refractivity contribution in [2.75, 3.05) is 19.6 Å². The lowest BCUT2D eigenvalue weighted by atomic mass is 9.83. The maximum Gasteiger partial charge on any atom is 0.137 e. The maximum absolute atomic E-state index is 11.6. The highest BCUT2D eigenvalue weighted by molar-refractivity contribution is 5.81. The maximum atomic E-state index is 11.6. The molecule has 0 aromatic rings. The summed E-state index contributed by atoms with van der Waals surface area (Å²) in [5, 5.41) is 0. The molecule has 0 saturated carbocycles. The molecule has 1 rings (SSSR count). The van der Waals surface area contributed by atoms with E-state index in [1.807, 2.05) is 6.92 Å². The van der Waals surface area contributed by atoms with E-state index >= 15 is 0 Å². The molecule has 0 radical (unpaired) electrons. The van der Waals surface area contributed by atoms with Crippen LogP contribution >= 0.6 is 0 Å². The quantitative estimate of drug-likeness (QED) is 0.666. The van der Waals surface area contributed by atoms with Crippen LogP contribution in [-0.4, -0.2) is 30.3 Å². The van der Waals surface area contributed by atoms with Gasteiger partial charge in [-0.2, -0.15) is 0 Å². The van der Waals surface area contributed by atoms with Crippen LogP contribution in [0.25, 0.3) is 0 Å². The number of ketones is 1. The first-order chi connectivity index (χ1) is 6.19. The van der Waals surface area contributed by atoms with E-state index in [0.29, 0.717) is 24.0 Å². The van der Waals surface area contributed by atoms with Crippen molar-refractivity contribution in [3.05, 3.63) is 0 Å². The highest BCUT2D eigenvalue weighted by atomic mass is 16.1. The lowest BCUT2D eigenvalue weighted by Gasteiger charge is -2.35. The van der Waals surface area contributed by atoms with Gasteiger partial charge in [0, 0.05) is 18.9 Å². The molecule has 1 heterocycles. The summed E-state index contributed by atoms with van der Waals surface area (Å²) >= 11 is 0. The van der Waals surface area contributed by atoms with Crippen LogP contribution in [0.1, 0.15) is 33.6 Å². The summed E-state index contributed by atoms with van der Waals surface area (Å²) in [6.07, 6.45) is 1.89. The van der Waals surface area contributed by atoms with Crippen LogP contribution in [0.5, 0.6) is 0 Å². The van der Waals surface area contributed by atoms with Crippen molar-refractivity contribution in [3.8, 4) is 0 Å². The monoisotopic (exact) mass is 183 g/mol. The SMILES string of the molecule is CCC(=O)C1CN(CC)CCC1C. The number of rotatable bonds is 3. The van der Waals surface area contributed by atoms with Gasteiger partial charge in [0.1, 0.15) is 5.78 Å². The Bertz CT molecular complexity index is 179. The zero-order chi connectivity index (χ0) is 9.84. The molecule has 1 aliphatic rings. The van der Waals surface area contributed by atoms with Crippen molar-refractivity contribution < 1.29 is 4.79 Å². The van der Waals surface area contributed by atoms with Gasteiger partial charge < -0.3 is 4.90 Å². The van der Waals surface area contributed by atoms with Gasteiger partial charge >= 0.3 is 0 Å². The summed E-state index contributed by atoms with van der Waals surface area (Å²) in [7, 11) is 0. The van der Waals surface area contributed by atoms with Crippen LogP contribution in [-0.2, 0) is 4.79 Å². The predicted octanol–water partition coefficient (Wildman–Crippen LogP) is 1.94. The minimum Gasteiger partial charge on any atom is -0.303 e. The minimum atomic E-state index is 0.304. The minimum absolute atomic E-state index is 0.304. The van der Waals surface area contributed by atoms with Crippen molar-refractivity contribution >= 4 is 5.78 Å². The van der Waals surface area contributed by atoms with Gasteiger partial charge in [-0.15, -0.1) is 0 Å². The molecule has 2 heteroatoms. The molecule has 0 bridgehead atoms. The molecule has 0 aliphatic carbocycles. The number of nitrogens with zero attached hydrogens (tertiary/aromatic N) is 1. The Hall–Kier alpha value is -0.370. The molecule has 0 N–H and O–H groups in total. The van der Waals surface area contributed by atoms with Gasteiger partial charge in [-0.1, -0.05) is 20.8 Å². The summed E-state index contributed by atoms with van der Waals surface area (Å²) in [6.45, 7) is 9.60. The second-order valence-corrected chi connectivity index (χ2v) is 4.09. The molecule has 2 atom stereocenters. The second-order valence-electron chi connectivity index (χ2n) is 4.09. The summed E-state index contributed by atoms with van der Waals surface area (Å²) in [4.78, 5) is 14.0. The molecule has 2 nitrogen and oxygen atoms in total. The van der Waals surface area contributed by atoms with Gasteiger partial charge in [0.25, 0.3) is 0 Å². The van der Waals surface area contributed by atoms with Crippen LogP contribution in [0.4, 0.5) is 0 Å². The molecule has 0 amide bonds. The summed E-state index contributed by atoms with van der Waals surface area (Å²) < 4.78 is 0. The van der Waals surface area contributed by atoms with E-state index in [4.69, 9.17) is 0 Å². The van der Waals surface area contributed by atoms with Crippen LogP contribution in [0.3, 0.4) is 0 Å². The number of carbonyl (C=O) groups is 1. The molecule has 76 valence electrons. The third kappa shape index (κ3) is 2.53. The van der Waals surface area contributed by atoms with Gasteiger partial charge in [0.2, 0.25) is 0 Å². The Kier molecular flexibility index (Phi) is 3.91. The fourth-order valence-corrected chi connectivity index (χ4v) is 2.11. The average molecular weight is 183 g/mol. The molecule has 1 aliphatic heterocycles. The van der Waals surface area contributed by atoms with Gasteiger partial charge in [-0.25, -0.2) is 0 Å². The Balaban J connectivity index is 2.54. The third-order valence-corrected chi connectivity index (χ3v) is 3.25. The van der Waals surface area contributed by atoms with E-state index in [1.165, 1.54) is 13.0 Å². The normalized spacial score (nSPS) is 30.4. The Morgan fingerprint density at radius 3 is 2.69 bits per heavy atom. The van der Waals surface area contributed by atoms with Crippen molar-refractivity contribution in [2.24, 2.45) is 11.8 Å². The highest BCUT2D eigenvalue weighted by Crippen LogP contribution is 2.24. The Morgan fingerprint density at radius 2 is 2.15 bits per heavy atom. The fraction of sp³-hybridized carbons (Fsp3) is 0.909. The standard InChI is InChI=1S/C11H21NO/c1-4-11(13)10-8-12(5-2)7-6-9(10)3/h9-10H,4-8H2,1-3H3. The molecule has 0 aromatic heterocycles. The van der Waals surface area contributed by atoms with E-state index in [9.17, 15) is 4.79 Å². The zero-order valence-corrected chi connectivity index (χ0v) is 9.05. The predicted molar refractivity (Wildman–Crippen MR) is 54.7 cm³/mol. The fourth-order valence-electron chi connectivity index (χ4n) is 2.11. The summed E-state index contributed by atoms with van der Waals surface area (Å²) in [5.74, 6) is 1.35. The third-order valence-electron chi connectivity index (χ3n) is 3.25. The van der Waals surface area contributed by atoms with E-state index < -0.39 is 0 Å². The van der Waals surface area contributed by atoms with Crippen LogP contribution in [0, 0.1) is 11.8 Å². The molecule has 0 spiro atoms. The number of piperidine rings is 1. The highest BCUT2D eigenvalue weighted by Gasteiger charge is 2.29. The number of carbonyl (C=O) groups excluding carboxylic acids is 1. The van der Waals surface area contributed by atoms with Gasteiger partial charge in [-0.05, 0) is 25.4 Å². The molecule has 1 saturated heterocycles. The van der Waals surface area contributed by atoms with Gasteiger partial charge in [0.15, 0.2) is 0 Å². The number of Topliss-reactive ketones (excluding diaryl/α,β-unsaturated/α-hetero) is 1. The number of hydrogen-bond acceptors (Lipinski definition) is 2. The molecule has 1 fully saturated rings. The second kappa shape index (κ2) is 4.75. The lowest BCUT2D eigenvalue weighted by Crippen LogP contribution is -2.42. The molecular weight excluding hydrogens is 162 g/mol. The van der Waals surface area contributed by atoms with Crippen molar-refractivity contribution in [2.45, 2.75) is 33.6 Å². The summed E-state index contributed by atoms with van der Waals surface area (Å²) in [5.41, 5.74) is 0. The Labute approximate surface area is 81.3 Å². The van der Waals surface area contributed by atoms with E-state index in [1.54, 1.807) is 0 Å². The van der Waals surface area contributed by atoms with Crippen LogP contribution < -0.4 is 0 Å².